The number of nitrogens with zero attached hydrogens (tertiary/aromatic N) is 1. The largest absolute Gasteiger partial charge is 0.467 e. The van der Waals surface area contributed by atoms with E-state index in [2.05, 4.69) is 24.3 Å². The summed E-state index contributed by atoms with van der Waals surface area (Å²) >= 11 is 0. The number of benzene rings is 1. The van der Waals surface area contributed by atoms with Crippen LogP contribution < -0.4 is 5.73 Å². The van der Waals surface area contributed by atoms with E-state index < -0.39 is 0 Å². The van der Waals surface area contributed by atoms with Crippen molar-refractivity contribution in [1.29, 1.82) is 0 Å². The van der Waals surface area contributed by atoms with Crippen molar-refractivity contribution in [2.24, 2.45) is 5.73 Å². The molecule has 22 heavy (non-hydrogen) atoms. The molecule has 0 saturated heterocycles. The van der Waals surface area contributed by atoms with Crippen molar-refractivity contribution >= 4 is 18.3 Å². The average Bonchev–Trinajstić information content (AvgIpc) is 3.02. The molecule has 0 saturated carbocycles. The van der Waals surface area contributed by atoms with Crippen LogP contribution in [0.1, 0.15) is 33.7 Å². The number of hydrogen-bond donors (Lipinski definition) is 1. The molecule has 1 aliphatic carbocycles. The highest BCUT2D eigenvalue weighted by molar-refractivity contribution is 5.94. The Balaban J connectivity index is 0.00000176. The van der Waals surface area contributed by atoms with Gasteiger partial charge in [0.1, 0.15) is 12.0 Å². The van der Waals surface area contributed by atoms with E-state index in [0.29, 0.717) is 17.9 Å². The van der Waals surface area contributed by atoms with Crippen LogP contribution in [0.3, 0.4) is 0 Å². The summed E-state index contributed by atoms with van der Waals surface area (Å²) in [7, 11) is 1.87. The first-order chi connectivity index (χ1) is 10.2. The fraction of sp³-hybridized carbons (Fsp3) is 0.353. The van der Waals surface area contributed by atoms with E-state index in [4.69, 9.17) is 10.2 Å². The molecule has 0 radical (unpaired) electrons. The van der Waals surface area contributed by atoms with Gasteiger partial charge in [0.2, 0.25) is 0 Å². The Kier molecular flexibility index (Phi) is 5.27. The minimum atomic E-state index is 0. The molecule has 2 aromatic rings. The van der Waals surface area contributed by atoms with Gasteiger partial charge in [-0.3, -0.25) is 4.79 Å². The molecule has 0 bridgehead atoms. The molecule has 0 fully saturated rings. The van der Waals surface area contributed by atoms with Gasteiger partial charge in [0, 0.05) is 13.1 Å². The molecule has 4 nitrogen and oxygen atoms in total. The Labute approximate surface area is 136 Å². The Morgan fingerprint density at radius 3 is 2.77 bits per heavy atom. The minimum Gasteiger partial charge on any atom is -0.467 e. The van der Waals surface area contributed by atoms with Gasteiger partial charge in [-0.2, -0.15) is 0 Å². The second kappa shape index (κ2) is 6.99. The van der Waals surface area contributed by atoms with Crippen LogP contribution in [0.5, 0.6) is 0 Å². The van der Waals surface area contributed by atoms with E-state index in [9.17, 15) is 4.79 Å². The number of carbonyl (C=O) groups excluding carboxylic acids is 1. The smallest absolute Gasteiger partial charge is 0.257 e. The number of hydrogen-bond acceptors (Lipinski definition) is 3. The predicted octanol–water partition coefficient (Wildman–Crippen LogP) is 2.79. The summed E-state index contributed by atoms with van der Waals surface area (Å²) in [5, 5.41) is 0. The lowest BCUT2D eigenvalue weighted by Crippen LogP contribution is -2.40. The number of halogens is 1. The van der Waals surface area contributed by atoms with E-state index in [1.165, 1.54) is 17.4 Å². The van der Waals surface area contributed by atoms with Crippen LogP contribution in [0.2, 0.25) is 0 Å². The third-order valence-electron chi connectivity index (χ3n) is 4.29. The number of furan rings is 1. The maximum atomic E-state index is 12.5. The van der Waals surface area contributed by atoms with Gasteiger partial charge in [0.25, 0.3) is 5.91 Å². The van der Waals surface area contributed by atoms with Crippen molar-refractivity contribution in [2.45, 2.75) is 31.8 Å². The monoisotopic (exact) mass is 320 g/mol. The third kappa shape index (κ3) is 3.18. The van der Waals surface area contributed by atoms with Crippen molar-refractivity contribution in [1.82, 2.24) is 4.90 Å². The topological polar surface area (TPSA) is 59.5 Å². The van der Waals surface area contributed by atoms with Gasteiger partial charge in [0.15, 0.2) is 0 Å². The number of likely N-dealkylation sites (N-methyl/N-ethyl adjacent to an activating group) is 1. The van der Waals surface area contributed by atoms with E-state index in [0.717, 1.165) is 19.3 Å². The highest BCUT2D eigenvalue weighted by atomic mass is 35.5. The van der Waals surface area contributed by atoms with Crippen molar-refractivity contribution in [3.8, 4) is 0 Å². The number of aryl methyl sites for hydroxylation is 1. The van der Waals surface area contributed by atoms with Crippen molar-refractivity contribution in [3.05, 3.63) is 59.0 Å². The molecule has 1 aromatic carbocycles. The van der Waals surface area contributed by atoms with Crippen LogP contribution >= 0.6 is 12.4 Å². The van der Waals surface area contributed by atoms with Crippen LogP contribution in [0.25, 0.3) is 0 Å². The number of fused-ring (bicyclic) bond motifs is 1. The Hall–Kier alpha value is -1.78. The quantitative estimate of drug-likeness (QED) is 0.946. The van der Waals surface area contributed by atoms with Gasteiger partial charge >= 0.3 is 0 Å². The second-order valence-corrected chi connectivity index (χ2v) is 5.59. The predicted molar refractivity (Wildman–Crippen MR) is 88.2 cm³/mol. The molecular formula is C17H21ClN2O2. The summed E-state index contributed by atoms with van der Waals surface area (Å²) in [5.74, 6) is 0.642. The van der Waals surface area contributed by atoms with E-state index in [-0.39, 0.29) is 24.4 Å². The van der Waals surface area contributed by atoms with Crippen LogP contribution in [0.4, 0.5) is 0 Å². The zero-order valence-corrected chi connectivity index (χ0v) is 13.4. The minimum absolute atomic E-state index is 0. The van der Waals surface area contributed by atoms with Gasteiger partial charge < -0.3 is 15.1 Å². The zero-order valence-electron chi connectivity index (χ0n) is 12.6. The lowest BCUT2D eigenvalue weighted by atomic mass is 9.87. The Morgan fingerprint density at radius 2 is 2.09 bits per heavy atom. The SMILES string of the molecule is CN(C(=O)c1coc(CN)c1)C1CCc2ccccc2C1.Cl. The summed E-state index contributed by atoms with van der Waals surface area (Å²) < 4.78 is 5.26. The lowest BCUT2D eigenvalue weighted by Gasteiger charge is -2.32. The highest BCUT2D eigenvalue weighted by Gasteiger charge is 2.26. The maximum Gasteiger partial charge on any atom is 0.257 e. The third-order valence-corrected chi connectivity index (χ3v) is 4.29. The standard InChI is InChI=1S/C17H20N2O2.ClH/c1-19(17(20)14-9-16(10-18)21-11-14)15-7-6-12-4-2-3-5-13(12)8-15;/h2-5,9,11,15H,6-8,10,18H2,1H3;1H. The molecule has 2 N–H and O–H groups in total. The average molecular weight is 321 g/mol. The number of amides is 1. The van der Waals surface area contributed by atoms with Crippen LogP contribution in [0.15, 0.2) is 41.0 Å². The fourth-order valence-corrected chi connectivity index (χ4v) is 2.98. The second-order valence-electron chi connectivity index (χ2n) is 5.59. The summed E-state index contributed by atoms with van der Waals surface area (Å²) in [4.78, 5) is 14.3. The number of rotatable bonds is 3. The molecule has 1 aliphatic rings. The first-order valence-corrected chi connectivity index (χ1v) is 7.30. The van der Waals surface area contributed by atoms with Gasteiger partial charge in [0.05, 0.1) is 12.1 Å². The molecule has 5 heteroatoms. The van der Waals surface area contributed by atoms with Crippen molar-refractivity contribution in [3.63, 3.8) is 0 Å². The summed E-state index contributed by atoms with van der Waals surface area (Å²) in [6.07, 6.45) is 4.44. The van der Waals surface area contributed by atoms with Crippen molar-refractivity contribution < 1.29 is 9.21 Å². The number of carbonyl (C=O) groups is 1. The Bertz CT molecular complexity index is 654. The van der Waals surface area contributed by atoms with Gasteiger partial charge in [-0.25, -0.2) is 0 Å². The molecule has 1 heterocycles. The molecule has 3 rings (SSSR count). The van der Waals surface area contributed by atoms with Crippen LogP contribution in [0, 0.1) is 0 Å². The van der Waals surface area contributed by atoms with Crippen LogP contribution in [-0.2, 0) is 19.4 Å². The van der Waals surface area contributed by atoms with Crippen LogP contribution in [-0.4, -0.2) is 23.9 Å². The molecule has 118 valence electrons. The highest BCUT2D eigenvalue weighted by Crippen LogP contribution is 2.25. The summed E-state index contributed by atoms with van der Waals surface area (Å²) in [6, 6.07) is 10.4. The normalized spacial score (nSPS) is 16.5. The van der Waals surface area contributed by atoms with E-state index in [1.54, 1.807) is 6.07 Å². The molecule has 1 atom stereocenters. The molecule has 1 amide bonds. The Morgan fingerprint density at radius 1 is 1.36 bits per heavy atom. The maximum absolute atomic E-state index is 12.5. The van der Waals surface area contributed by atoms with Gasteiger partial charge in [-0.15, -0.1) is 12.4 Å². The molecule has 1 unspecified atom stereocenters. The summed E-state index contributed by atoms with van der Waals surface area (Å²) in [5.41, 5.74) is 8.85. The van der Waals surface area contributed by atoms with E-state index in [1.807, 2.05) is 11.9 Å². The van der Waals surface area contributed by atoms with Crippen molar-refractivity contribution in [2.75, 3.05) is 7.05 Å². The van der Waals surface area contributed by atoms with E-state index >= 15 is 0 Å². The first kappa shape index (κ1) is 16.6. The first-order valence-electron chi connectivity index (χ1n) is 7.30. The molecule has 0 aliphatic heterocycles. The van der Waals surface area contributed by atoms with Gasteiger partial charge in [-0.1, -0.05) is 24.3 Å². The zero-order chi connectivity index (χ0) is 14.8. The van der Waals surface area contributed by atoms with Gasteiger partial charge in [-0.05, 0) is 36.5 Å². The fourth-order valence-electron chi connectivity index (χ4n) is 2.98. The number of nitrogens with two attached hydrogens (primary N) is 1. The molecule has 0 spiro atoms. The molecular weight excluding hydrogens is 300 g/mol. The lowest BCUT2D eigenvalue weighted by molar-refractivity contribution is 0.0718. The molecule has 1 aromatic heterocycles. The summed E-state index contributed by atoms with van der Waals surface area (Å²) in [6.45, 7) is 0.313.